The Bertz CT molecular complexity index is 246. The molecule has 4 heteroatoms. The minimum Gasteiger partial charge on any atom is -0.310 e. The van der Waals surface area contributed by atoms with Gasteiger partial charge in [0.2, 0.25) is 0 Å². The Morgan fingerprint density at radius 1 is 1.07 bits per heavy atom. The van der Waals surface area contributed by atoms with E-state index in [0.717, 1.165) is 6.54 Å². The highest BCUT2D eigenvalue weighted by Gasteiger charge is 2.12. The summed E-state index contributed by atoms with van der Waals surface area (Å²) < 4.78 is 0. The van der Waals surface area contributed by atoms with Crippen LogP contribution in [-0.2, 0) is 0 Å². The molecule has 0 amide bonds. The smallest absolute Gasteiger partial charge is 0.0321 e. The van der Waals surface area contributed by atoms with Crippen molar-refractivity contribution < 1.29 is 0 Å². The van der Waals surface area contributed by atoms with Crippen molar-refractivity contribution in [3.8, 4) is 0 Å². The van der Waals surface area contributed by atoms with Crippen molar-refractivity contribution in [2.75, 3.05) is 6.54 Å². The Morgan fingerprint density at radius 3 is 2.53 bits per heavy atom. The molecule has 1 aliphatic rings. The van der Waals surface area contributed by atoms with E-state index in [1.54, 1.807) is 0 Å². The van der Waals surface area contributed by atoms with Gasteiger partial charge in [0.25, 0.3) is 0 Å². The lowest BCUT2D eigenvalue weighted by molar-refractivity contribution is 0.534. The fraction of sp³-hybridized carbons (Fsp3) is 0.545. The molecule has 0 bridgehead atoms. The minimum absolute atomic E-state index is 0. The van der Waals surface area contributed by atoms with Crippen LogP contribution in [0.15, 0.2) is 24.5 Å². The lowest BCUT2D eigenvalue weighted by Gasteiger charge is -2.15. The second kappa shape index (κ2) is 7.91. The maximum absolute atomic E-state index is 4.04. The molecule has 0 saturated carbocycles. The van der Waals surface area contributed by atoms with Crippen molar-refractivity contribution in [2.24, 2.45) is 0 Å². The van der Waals surface area contributed by atoms with Crippen LogP contribution in [0.2, 0.25) is 0 Å². The molecule has 0 aromatic carbocycles. The lowest BCUT2D eigenvalue weighted by Crippen LogP contribution is -2.20. The zero-order valence-electron chi connectivity index (χ0n) is 8.69. The largest absolute Gasteiger partial charge is 0.310 e. The van der Waals surface area contributed by atoms with Gasteiger partial charge < -0.3 is 5.32 Å². The molecule has 2 rings (SSSR count). The number of halogens is 2. The van der Waals surface area contributed by atoms with E-state index in [0.29, 0.717) is 6.04 Å². The first kappa shape index (κ1) is 14.7. The molecule has 86 valence electrons. The average Bonchev–Trinajstić information content (AvgIpc) is 2.47. The second-order valence-electron chi connectivity index (χ2n) is 3.64. The van der Waals surface area contributed by atoms with Gasteiger partial charge >= 0.3 is 0 Å². The fourth-order valence-corrected chi connectivity index (χ4v) is 1.91. The van der Waals surface area contributed by atoms with Crippen molar-refractivity contribution >= 4 is 24.8 Å². The maximum atomic E-state index is 4.04. The molecule has 1 aromatic heterocycles. The molecular formula is C11H18Cl2N2. The molecular weight excluding hydrogens is 231 g/mol. The molecule has 0 aliphatic carbocycles. The summed E-state index contributed by atoms with van der Waals surface area (Å²) in [5.41, 5.74) is 1.39. The Kier molecular flexibility index (Phi) is 7.75. The van der Waals surface area contributed by atoms with E-state index in [9.17, 15) is 0 Å². The first-order valence-electron chi connectivity index (χ1n) is 5.10. The average molecular weight is 249 g/mol. The van der Waals surface area contributed by atoms with Crippen LogP contribution in [0, 0.1) is 0 Å². The fourth-order valence-electron chi connectivity index (χ4n) is 1.91. The molecule has 15 heavy (non-hydrogen) atoms. The SMILES string of the molecule is Cl.Cl.c1cc(C2CCCCCN2)ccn1. The lowest BCUT2D eigenvalue weighted by atomic mass is 10.0. The molecule has 1 aliphatic heterocycles. The quantitative estimate of drug-likeness (QED) is 0.827. The van der Waals surface area contributed by atoms with E-state index in [1.807, 2.05) is 12.4 Å². The molecule has 1 atom stereocenters. The summed E-state index contributed by atoms with van der Waals surface area (Å²) in [5.74, 6) is 0. The van der Waals surface area contributed by atoms with Crippen LogP contribution in [0.5, 0.6) is 0 Å². The van der Waals surface area contributed by atoms with Crippen LogP contribution in [0.25, 0.3) is 0 Å². The van der Waals surface area contributed by atoms with E-state index >= 15 is 0 Å². The standard InChI is InChI=1S/C11H16N2.2ClH/c1-2-4-11(13-7-3-1)10-5-8-12-9-6-10;;/h5-6,8-9,11,13H,1-4,7H2;2*1H. The molecule has 1 aromatic rings. The monoisotopic (exact) mass is 248 g/mol. The summed E-state index contributed by atoms with van der Waals surface area (Å²) in [6.07, 6.45) is 9.06. The van der Waals surface area contributed by atoms with Crippen LogP contribution < -0.4 is 5.32 Å². The molecule has 1 N–H and O–H groups in total. The summed E-state index contributed by atoms with van der Waals surface area (Å²) in [5, 5.41) is 3.57. The number of nitrogens with zero attached hydrogens (tertiary/aromatic N) is 1. The number of rotatable bonds is 1. The number of hydrogen-bond donors (Lipinski definition) is 1. The highest BCUT2D eigenvalue weighted by atomic mass is 35.5. The topological polar surface area (TPSA) is 24.9 Å². The van der Waals surface area contributed by atoms with E-state index in [2.05, 4.69) is 22.4 Å². The van der Waals surface area contributed by atoms with Gasteiger partial charge in [-0.25, -0.2) is 0 Å². The van der Waals surface area contributed by atoms with Crippen molar-refractivity contribution in [3.05, 3.63) is 30.1 Å². The molecule has 0 spiro atoms. The number of pyridine rings is 1. The first-order chi connectivity index (χ1) is 6.47. The summed E-state index contributed by atoms with van der Waals surface area (Å²) in [4.78, 5) is 4.04. The van der Waals surface area contributed by atoms with Crippen LogP contribution in [0.4, 0.5) is 0 Å². The van der Waals surface area contributed by atoms with Crippen LogP contribution in [-0.4, -0.2) is 11.5 Å². The van der Waals surface area contributed by atoms with Gasteiger partial charge in [0, 0.05) is 18.4 Å². The third-order valence-corrected chi connectivity index (χ3v) is 2.67. The predicted molar refractivity (Wildman–Crippen MR) is 67.9 cm³/mol. The van der Waals surface area contributed by atoms with Crippen LogP contribution >= 0.6 is 24.8 Å². The Labute approximate surface area is 104 Å². The van der Waals surface area contributed by atoms with Gasteiger partial charge in [-0.2, -0.15) is 0 Å². The highest BCUT2D eigenvalue weighted by Crippen LogP contribution is 2.21. The number of aromatic nitrogens is 1. The third kappa shape index (κ3) is 4.37. The summed E-state index contributed by atoms with van der Waals surface area (Å²) in [6, 6.07) is 4.79. The van der Waals surface area contributed by atoms with Crippen LogP contribution in [0.1, 0.15) is 37.3 Å². The summed E-state index contributed by atoms with van der Waals surface area (Å²) in [7, 11) is 0. The summed E-state index contributed by atoms with van der Waals surface area (Å²) in [6.45, 7) is 1.16. The van der Waals surface area contributed by atoms with Gasteiger partial charge in [-0.3, -0.25) is 4.98 Å². The summed E-state index contributed by atoms with van der Waals surface area (Å²) >= 11 is 0. The Balaban J connectivity index is 0.000000980. The Morgan fingerprint density at radius 2 is 1.80 bits per heavy atom. The maximum Gasteiger partial charge on any atom is 0.0321 e. The molecule has 1 unspecified atom stereocenters. The second-order valence-corrected chi connectivity index (χ2v) is 3.64. The minimum atomic E-state index is 0. The predicted octanol–water partition coefficient (Wildman–Crippen LogP) is 3.13. The van der Waals surface area contributed by atoms with E-state index in [-0.39, 0.29) is 24.8 Å². The third-order valence-electron chi connectivity index (χ3n) is 2.67. The molecule has 1 fully saturated rings. The normalized spacial score (nSPS) is 20.7. The van der Waals surface area contributed by atoms with Crippen molar-refractivity contribution in [3.63, 3.8) is 0 Å². The highest BCUT2D eigenvalue weighted by molar-refractivity contribution is 5.85. The zero-order chi connectivity index (χ0) is 8.93. The van der Waals surface area contributed by atoms with Gasteiger partial charge in [-0.05, 0) is 37.1 Å². The molecule has 2 nitrogen and oxygen atoms in total. The van der Waals surface area contributed by atoms with Gasteiger partial charge in [-0.15, -0.1) is 24.8 Å². The molecule has 0 radical (unpaired) electrons. The van der Waals surface area contributed by atoms with Gasteiger partial charge in [0.1, 0.15) is 0 Å². The van der Waals surface area contributed by atoms with Gasteiger partial charge in [0.15, 0.2) is 0 Å². The molecule has 1 saturated heterocycles. The van der Waals surface area contributed by atoms with Crippen molar-refractivity contribution in [1.82, 2.24) is 10.3 Å². The van der Waals surface area contributed by atoms with Gasteiger partial charge in [0.05, 0.1) is 0 Å². The Hall–Kier alpha value is -0.310. The van der Waals surface area contributed by atoms with E-state index in [1.165, 1.54) is 31.2 Å². The van der Waals surface area contributed by atoms with Crippen LogP contribution in [0.3, 0.4) is 0 Å². The number of hydrogen-bond acceptors (Lipinski definition) is 2. The number of nitrogens with one attached hydrogen (secondary N) is 1. The van der Waals surface area contributed by atoms with Crippen molar-refractivity contribution in [1.29, 1.82) is 0 Å². The van der Waals surface area contributed by atoms with E-state index < -0.39 is 0 Å². The van der Waals surface area contributed by atoms with Gasteiger partial charge in [-0.1, -0.05) is 12.8 Å². The van der Waals surface area contributed by atoms with Crippen molar-refractivity contribution in [2.45, 2.75) is 31.7 Å². The zero-order valence-corrected chi connectivity index (χ0v) is 10.3. The first-order valence-corrected chi connectivity index (χ1v) is 5.10. The van der Waals surface area contributed by atoms with E-state index in [4.69, 9.17) is 0 Å². The molecule has 2 heterocycles.